The number of carbonyl (C=O) groups is 2. The minimum Gasteiger partial charge on any atom is -0.415 e. The fourth-order valence-corrected chi connectivity index (χ4v) is 11.1. The molecule has 3 atom stereocenters. The van der Waals surface area contributed by atoms with E-state index in [-0.39, 0.29) is 28.7 Å². The van der Waals surface area contributed by atoms with E-state index >= 15 is 0 Å². The summed E-state index contributed by atoms with van der Waals surface area (Å²) in [4.78, 5) is 28.5. The van der Waals surface area contributed by atoms with Crippen molar-refractivity contribution in [3.05, 3.63) is 104 Å². The fourth-order valence-electron chi connectivity index (χ4n) is 6.12. The summed E-state index contributed by atoms with van der Waals surface area (Å²) in [6.07, 6.45) is 2.53. The number of nitrogens with zero attached hydrogens (tertiary/aromatic N) is 1. The highest BCUT2D eigenvalue weighted by Gasteiger charge is 2.69. The van der Waals surface area contributed by atoms with Gasteiger partial charge in [0, 0.05) is 25.9 Å². The van der Waals surface area contributed by atoms with Crippen LogP contribution >= 0.6 is 7.26 Å². The Labute approximate surface area is 213 Å². The Bertz CT molecular complexity index is 1120. The van der Waals surface area contributed by atoms with Gasteiger partial charge in [-0.15, -0.1) is 0 Å². The van der Waals surface area contributed by atoms with Gasteiger partial charge in [0.1, 0.15) is 42.4 Å². The minimum absolute atomic E-state index is 0.0114. The predicted octanol–water partition coefficient (Wildman–Crippen LogP) is 3.78. The molecular weight excluding hydrogens is 467 g/mol. The van der Waals surface area contributed by atoms with Crippen molar-refractivity contribution in [3.63, 3.8) is 0 Å². The largest absolute Gasteiger partial charge is 0.524 e. The Morgan fingerprint density at radius 2 is 1.44 bits per heavy atom. The Kier molecular flexibility index (Phi) is 7.15. The number of ether oxygens (including phenoxy) is 1. The van der Waals surface area contributed by atoms with E-state index in [4.69, 9.17) is 4.74 Å². The summed E-state index contributed by atoms with van der Waals surface area (Å²) in [6, 6.07) is 31.2. The highest BCUT2D eigenvalue weighted by Crippen LogP contribution is 2.63. The molecule has 0 bridgehead atoms. The van der Waals surface area contributed by atoms with E-state index in [1.807, 2.05) is 18.2 Å². The van der Waals surface area contributed by atoms with Crippen LogP contribution in [0.4, 0.5) is 4.79 Å². The summed E-state index contributed by atoms with van der Waals surface area (Å²) in [5.41, 5.74) is -0.332. The number of amides is 2. The number of likely N-dealkylation sites (tertiary alicyclic amines) is 1. The van der Waals surface area contributed by atoms with E-state index in [0.29, 0.717) is 19.5 Å². The Balaban J connectivity index is 1.73. The maximum atomic E-state index is 14.8. The lowest BCUT2D eigenvalue weighted by Crippen LogP contribution is -2.63. The molecule has 2 heterocycles. The number of nitrogens with one attached hydrogen (secondary N) is 1. The first-order valence-corrected chi connectivity index (χ1v) is 14.5. The third kappa shape index (κ3) is 3.92. The van der Waals surface area contributed by atoms with Crippen molar-refractivity contribution in [2.24, 2.45) is 0 Å². The molecule has 1 N–H and O–H groups in total. The number of imide groups is 1. The van der Waals surface area contributed by atoms with Gasteiger partial charge in [-0.1, -0.05) is 67.3 Å². The minimum atomic E-state index is -2.46. The number of hydrogen-bond acceptors (Lipinski definition) is 4. The lowest BCUT2D eigenvalue weighted by atomic mass is 10.2. The van der Waals surface area contributed by atoms with Gasteiger partial charge >= 0.3 is 12.0 Å². The van der Waals surface area contributed by atoms with Crippen molar-refractivity contribution >= 4 is 35.2 Å². The zero-order chi connectivity index (χ0) is 25.0. The maximum Gasteiger partial charge on any atom is 0.524 e. The van der Waals surface area contributed by atoms with Crippen molar-refractivity contribution in [2.75, 3.05) is 26.2 Å². The molecule has 3 aromatic carbocycles. The topological polar surface area (TPSA) is 55.4 Å². The van der Waals surface area contributed by atoms with Crippen LogP contribution in [0.25, 0.3) is 0 Å². The van der Waals surface area contributed by atoms with Crippen LogP contribution in [-0.4, -0.2) is 54.4 Å². The van der Waals surface area contributed by atoms with Gasteiger partial charge in [-0.05, 0) is 36.4 Å². The van der Waals surface area contributed by atoms with Crippen LogP contribution < -0.4 is 21.2 Å². The second kappa shape index (κ2) is 10.5. The van der Waals surface area contributed by atoms with Gasteiger partial charge in [0.25, 0.3) is 0 Å². The third-order valence-electron chi connectivity index (χ3n) is 7.70. The molecule has 36 heavy (non-hydrogen) atoms. The quantitative estimate of drug-likeness (QED) is 0.305. The van der Waals surface area contributed by atoms with Crippen LogP contribution in [0.5, 0.6) is 0 Å². The molecule has 2 aliphatic heterocycles. The average Bonchev–Trinajstić information content (AvgIpc) is 3.59. The molecular formula is C30H33N2O3P+2. The molecule has 5 rings (SSSR count). The number of rotatable bonds is 7. The second-order valence-electron chi connectivity index (χ2n) is 9.48. The molecule has 3 aromatic rings. The van der Waals surface area contributed by atoms with Crippen molar-refractivity contribution in [1.29, 1.82) is 0 Å². The molecule has 6 heteroatoms. The SMILES string of the molecule is C=CCOC(=O)[N+]1(C2CCNC2)CCC([P+](c2ccccc2)(c2ccccc2)c2ccccc2)C1=O. The highest BCUT2D eigenvalue weighted by atomic mass is 31.2. The van der Waals surface area contributed by atoms with E-state index in [1.54, 1.807) is 6.08 Å². The first-order chi connectivity index (χ1) is 17.7. The van der Waals surface area contributed by atoms with Gasteiger partial charge in [0.15, 0.2) is 0 Å². The van der Waals surface area contributed by atoms with Crippen LogP contribution in [0.3, 0.4) is 0 Å². The molecule has 184 valence electrons. The number of carbonyl (C=O) groups excluding carboxylic acids is 2. The summed E-state index contributed by atoms with van der Waals surface area (Å²) in [5, 5.41) is 6.84. The van der Waals surface area contributed by atoms with Gasteiger partial charge in [-0.3, -0.25) is 0 Å². The Morgan fingerprint density at radius 3 is 1.89 bits per heavy atom. The first kappa shape index (κ1) is 24.6. The van der Waals surface area contributed by atoms with Gasteiger partial charge in [-0.2, -0.15) is 9.28 Å². The number of quaternary nitrogens is 1. The van der Waals surface area contributed by atoms with Crippen LogP contribution in [0.15, 0.2) is 104 Å². The normalized spacial score (nSPS) is 23.9. The van der Waals surface area contributed by atoms with Crippen LogP contribution in [0.1, 0.15) is 12.8 Å². The van der Waals surface area contributed by atoms with Crippen molar-refractivity contribution in [2.45, 2.75) is 24.5 Å². The number of benzene rings is 3. The summed E-state index contributed by atoms with van der Waals surface area (Å²) < 4.78 is 5.38. The molecule has 2 aliphatic rings. The van der Waals surface area contributed by atoms with Crippen LogP contribution in [0, 0.1) is 0 Å². The molecule has 2 fully saturated rings. The molecule has 2 amide bonds. The van der Waals surface area contributed by atoms with Crippen LogP contribution in [0.2, 0.25) is 0 Å². The van der Waals surface area contributed by atoms with Crippen molar-refractivity contribution < 1.29 is 18.8 Å². The third-order valence-corrected chi connectivity index (χ3v) is 12.5. The summed E-state index contributed by atoms with van der Waals surface area (Å²) in [5.74, 6) is -0.0114. The fraction of sp³-hybridized carbons (Fsp3) is 0.267. The molecule has 0 spiro atoms. The van der Waals surface area contributed by atoms with E-state index in [0.717, 1.165) is 28.9 Å². The number of hydrogen-bond donors (Lipinski definition) is 1. The standard InChI is InChI=1S/C30H33N2O3P/c1-2-22-35-30(34)32(24-18-20-31-23-24)21-19-28(29(32)33)36(25-12-6-3-7-13-25,26-14-8-4-9-15-26)27-16-10-5-11-17-27/h2-17,24,28,31H,1,18-23H2/q+2. The van der Waals surface area contributed by atoms with Crippen LogP contribution in [-0.2, 0) is 9.53 Å². The van der Waals surface area contributed by atoms with E-state index in [2.05, 4.69) is 84.7 Å². The van der Waals surface area contributed by atoms with Gasteiger partial charge in [0.05, 0.1) is 0 Å². The van der Waals surface area contributed by atoms with Gasteiger partial charge in [0.2, 0.25) is 5.66 Å². The Hall–Kier alpha value is -3.11. The zero-order valence-electron chi connectivity index (χ0n) is 20.5. The van der Waals surface area contributed by atoms with E-state index < -0.39 is 13.4 Å². The molecule has 0 aromatic heterocycles. The van der Waals surface area contributed by atoms with E-state index in [1.165, 1.54) is 0 Å². The van der Waals surface area contributed by atoms with E-state index in [9.17, 15) is 9.59 Å². The molecule has 5 nitrogen and oxygen atoms in total. The molecule has 0 radical (unpaired) electrons. The molecule has 2 saturated heterocycles. The monoisotopic (exact) mass is 500 g/mol. The van der Waals surface area contributed by atoms with Gasteiger partial charge < -0.3 is 10.1 Å². The smallest absolute Gasteiger partial charge is 0.415 e. The molecule has 0 saturated carbocycles. The zero-order valence-corrected chi connectivity index (χ0v) is 21.4. The first-order valence-electron chi connectivity index (χ1n) is 12.6. The Morgan fingerprint density at radius 1 is 0.917 bits per heavy atom. The van der Waals surface area contributed by atoms with Crippen molar-refractivity contribution in [1.82, 2.24) is 5.32 Å². The lowest BCUT2D eigenvalue weighted by Gasteiger charge is -2.34. The average molecular weight is 501 g/mol. The predicted molar refractivity (Wildman–Crippen MR) is 147 cm³/mol. The molecule has 3 unspecified atom stereocenters. The van der Waals surface area contributed by atoms with Crippen molar-refractivity contribution in [3.8, 4) is 0 Å². The maximum absolute atomic E-state index is 14.8. The summed E-state index contributed by atoms with van der Waals surface area (Å²) in [7, 11) is -2.46. The second-order valence-corrected chi connectivity index (χ2v) is 13.1. The lowest BCUT2D eigenvalue weighted by molar-refractivity contribution is -0.798. The molecule has 0 aliphatic carbocycles. The van der Waals surface area contributed by atoms with Gasteiger partial charge in [-0.25, -0.2) is 4.79 Å². The summed E-state index contributed by atoms with van der Waals surface area (Å²) in [6.45, 7) is 5.69. The highest BCUT2D eigenvalue weighted by molar-refractivity contribution is 7.96. The summed E-state index contributed by atoms with van der Waals surface area (Å²) >= 11 is 0.